The molecule has 0 aromatic heterocycles. The summed E-state index contributed by atoms with van der Waals surface area (Å²) in [6.07, 6.45) is 2.10. The third-order valence-electron chi connectivity index (χ3n) is 7.82. The lowest BCUT2D eigenvalue weighted by Crippen LogP contribution is -2.58. The van der Waals surface area contributed by atoms with Gasteiger partial charge in [-0.25, -0.2) is 0 Å². The number of nitrogens with one attached hydrogen (secondary N) is 2. The van der Waals surface area contributed by atoms with Gasteiger partial charge in [0.25, 0.3) is 0 Å². The minimum atomic E-state index is -0.110. The molecule has 2 aromatic rings. The van der Waals surface area contributed by atoms with Crippen LogP contribution in [-0.2, 0) is 16.1 Å². The van der Waals surface area contributed by atoms with Crippen LogP contribution in [0.2, 0.25) is 0 Å². The molecule has 0 saturated carbocycles. The summed E-state index contributed by atoms with van der Waals surface area (Å²) >= 11 is 0. The molecule has 36 heavy (non-hydrogen) atoms. The number of para-hydroxylation sites is 1. The van der Waals surface area contributed by atoms with Crippen molar-refractivity contribution in [2.45, 2.75) is 43.9 Å². The predicted molar refractivity (Wildman–Crippen MR) is 140 cm³/mol. The number of methoxy groups -OCH3 is 1. The van der Waals surface area contributed by atoms with E-state index >= 15 is 0 Å². The molecule has 0 unspecified atom stereocenters. The minimum Gasteiger partial charge on any atom is -0.497 e. The highest BCUT2D eigenvalue weighted by Crippen LogP contribution is 2.26. The maximum Gasteiger partial charge on any atom is 0.237 e. The van der Waals surface area contributed by atoms with E-state index < -0.39 is 0 Å². The lowest BCUT2D eigenvalue weighted by atomic mass is 10.0. The number of amides is 2. The van der Waals surface area contributed by atoms with E-state index in [4.69, 9.17) is 4.74 Å². The fraction of sp³-hybridized carbons (Fsp3) is 0.500. The molecular weight excluding hydrogens is 454 g/mol. The second-order valence-electron chi connectivity index (χ2n) is 10.0. The van der Waals surface area contributed by atoms with Gasteiger partial charge < -0.3 is 25.2 Å². The average molecular weight is 492 g/mol. The Kier molecular flexibility index (Phi) is 7.72. The Morgan fingerprint density at radius 1 is 1.06 bits per heavy atom. The Morgan fingerprint density at radius 3 is 2.53 bits per heavy atom. The highest BCUT2D eigenvalue weighted by atomic mass is 16.5. The lowest BCUT2D eigenvalue weighted by Gasteiger charge is -2.38. The van der Waals surface area contributed by atoms with Crippen LogP contribution in [-0.4, -0.2) is 86.1 Å². The number of fused-ring (bicyclic) bond motifs is 1. The Hall–Kier alpha value is -3.10. The van der Waals surface area contributed by atoms with E-state index in [2.05, 4.69) is 56.8 Å². The highest BCUT2D eigenvalue weighted by Gasteiger charge is 2.43. The number of hydrogen-bond acceptors (Lipinski definition) is 6. The molecular formula is C28H37N5O3. The van der Waals surface area contributed by atoms with E-state index in [0.717, 1.165) is 57.9 Å². The minimum absolute atomic E-state index is 0.110. The Balaban J connectivity index is 1.09. The summed E-state index contributed by atoms with van der Waals surface area (Å²) < 4.78 is 5.24. The summed E-state index contributed by atoms with van der Waals surface area (Å²) in [5.41, 5.74) is 2.41. The zero-order chi connectivity index (χ0) is 24.9. The monoisotopic (exact) mass is 491 g/mol. The first-order valence-electron chi connectivity index (χ1n) is 13.1. The number of anilines is 1. The molecule has 8 heteroatoms. The smallest absolute Gasteiger partial charge is 0.237 e. The number of hydrogen-bond donors (Lipinski definition) is 2. The van der Waals surface area contributed by atoms with Crippen molar-refractivity contribution in [2.75, 3.05) is 51.3 Å². The molecule has 0 radical (unpaired) electrons. The summed E-state index contributed by atoms with van der Waals surface area (Å²) in [6.45, 7) is 5.47. The van der Waals surface area contributed by atoms with E-state index in [-0.39, 0.29) is 29.9 Å². The first-order chi connectivity index (χ1) is 17.6. The van der Waals surface area contributed by atoms with E-state index in [1.165, 1.54) is 11.3 Å². The molecule has 0 aliphatic carbocycles. The number of carbonyl (C=O) groups is 2. The molecule has 2 aromatic carbocycles. The van der Waals surface area contributed by atoms with Crippen LogP contribution in [0.15, 0.2) is 54.6 Å². The standard InChI is InChI=1S/C28H37N5O3/c1-36-25-10-7-21(8-11-25)18-29-22-17-26-28(35)30-19-24(33(26)20-22)9-12-27(34)32-15-13-31(14-16-32)23-5-3-2-4-6-23/h2-8,10-11,22,24,26,29H,9,12-20H2,1H3,(H,30,35)/t22-,24+,26-/m0/s1. The fourth-order valence-electron chi connectivity index (χ4n) is 5.70. The number of rotatable bonds is 8. The molecule has 5 rings (SSSR count). The molecule has 3 fully saturated rings. The number of nitrogens with zero attached hydrogens (tertiary/aromatic N) is 3. The van der Waals surface area contributed by atoms with Gasteiger partial charge in [0.15, 0.2) is 0 Å². The molecule has 3 saturated heterocycles. The van der Waals surface area contributed by atoms with Gasteiger partial charge in [0.2, 0.25) is 11.8 Å². The average Bonchev–Trinajstić information content (AvgIpc) is 3.38. The van der Waals surface area contributed by atoms with Gasteiger partial charge in [-0.05, 0) is 42.7 Å². The van der Waals surface area contributed by atoms with Gasteiger partial charge in [-0.15, -0.1) is 0 Å². The van der Waals surface area contributed by atoms with Crippen molar-refractivity contribution in [1.29, 1.82) is 0 Å². The van der Waals surface area contributed by atoms with Crippen molar-refractivity contribution >= 4 is 17.5 Å². The molecule has 3 heterocycles. The first kappa shape index (κ1) is 24.6. The number of piperazine rings is 2. The third kappa shape index (κ3) is 5.65. The summed E-state index contributed by atoms with van der Waals surface area (Å²) in [6, 6.07) is 18.8. The van der Waals surface area contributed by atoms with Crippen LogP contribution >= 0.6 is 0 Å². The third-order valence-corrected chi connectivity index (χ3v) is 7.82. The Morgan fingerprint density at radius 2 is 1.81 bits per heavy atom. The molecule has 3 aliphatic heterocycles. The van der Waals surface area contributed by atoms with E-state index in [9.17, 15) is 9.59 Å². The molecule has 0 bridgehead atoms. The quantitative estimate of drug-likeness (QED) is 0.587. The van der Waals surface area contributed by atoms with Gasteiger partial charge in [0, 0.05) is 70.0 Å². The van der Waals surface area contributed by atoms with Crippen molar-refractivity contribution in [3.8, 4) is 5.75 Å². The van der Waals surface area contributed by atoms with Gasteiger partial charge in [-0.2, -0.15) is 0 Å². The molecule has 2 N–H and O–H groups in total. The molecule has 0 spiro atoms. The Bertz CT molecular complexity index is 1020. The Labute approximate surface area is 213 Å². The molecule has 192 valence electrons. The van der Waals surface area contributed by atoms with Crippen LogP contribution in [0.1, 0.15) is 24.8 Å². The van der Waals surface area contributed by atoms with Gasteiger partial charge in [0.1, 0.15) is 5.75 Å². The second kappa shape index (κ2) is 11.3. The summed E-state index contributed by atoms with van der Waals surface area (Å²) in [7, 11) is 1.67. The summed E-state index contributed by atoms with van der Waals surface area (Å²) in [4.78, 5) is 32.2. The van der Waals surface area contributed by atoms with Gasteiger partial charge in [0.05, 0.1) is 13.2 Å². The van der Waals surface area contributed by atoms with Crippen LogP contribution in [0.3, 0.4) is 0 Å². The van der Waals surface area contributed by atoms with Crippen LogP contribution in [0, 0.1) is 0 Å². The van der Waals surface area contributed by atoms with Gasteiger partial charge >= 0.3 is 0 Å². The van der Waals surface area contributed by atoms with Crippen molar-refractivity contribution < 1.29 is 14.3 Å². The molecule has 8 nitrogen and oxygen atoms in total. The zero-order valence-electron chi connectivity index (χ0n) is 21.1. The zero-order valence-corrected chi connectivity index (χ0v) is 21.1. The van der Waals surface area contributed by atoms with Crippen molar-refractivity contribution in [2.24, 2.45) is 0 Å². The molecule has 3 atom stereocenters. The van der Waals surface area contributed by atoms with Crippen LogP contribution in [0.25, 0.3) is 0 Å². The van der Waals surface area contributed by atoms with Crippen LogP contribution < -0.4 is 20.3 Å². The first-order valence-corrected chi connectivity index (χ1v) is 13.1. The fourth-order valence-corrected chi connectivity index (χ4v) is 5.70. The van der Waals surface area contributed by atoms with Crippen LogP contribution in [0.4, 0.5) is 5.69 Å². The number of ether oxygens (including phenoxy) is 1. The SMILES string of the molecule is COc1ccc(CN[C@H]2C[C@H]3C(=O)NC[C@@H](CCC(=O)N4CCN(c5ccccc5)CC4)N3C2)cc1. The summed E-state index contributed by atoms with van der Waals surface area (Å²) in [5, 5.41) is 6.71. The van der Waals surface area contributed by atoms with E-state index in [0.29, 0.717) is 13.0 Å². The second-order valence-corrected chi connectivity index (χ2v) is 10.0. The topological polar surface area (TPSA) is 77.1 Å². The number of benzene rings is 2. The lowest BCUT2D eigenvalue weighted by molar-refractivity contribution is -0.132. The molecule has 2 amide bonds. The van der Waals surface area contributed by atoms with Crippen molar-refractivity contribution in [3.63, 3.8) is 0 Å². The van der Waals surface area contributed by atoms with E-state index in [1.807, 2.05) is 23.1 Å². The predicted octanol–water partition coefficient (Wildman–Crippen LogP) is 1.86. The molecule has 3 aliphatic rings. The normalized spacial score (nSPS) is 24.4. The van der Waals surface area contributed by atoms with Crippen molar-refractivity contribution in [3.05, 3.63) is 60.2 Å². The van der Waals surface area contributed by atoms with Gasteiger partial charge in [-0.1, -0.05) is 30.3 Å². The maximum atomic E-state index is 13.0. The highest BCUT2D eigenvalue weighted by molar-refractivity contribution is 5.83. The van der Waals surface area contributed by atoms with Crippen LogP contribution in [0.5, 0.6) is 5.75 Å². The van der Waals surface area contributed by atoms with Crippen molar-refractivity contribution in [1.82, 2.24) is 20.4 Å². The maximum absolute atomic E-state index is 13.0. The van der Waals surface area contributed by atoms with E-state index in [1.54, 1.807) is 7.11 Å². The van der Waals surface area contributed by atoms with Gasteiger partial charge in [-0.3, -0.25) is 14.5 Å². The summed E-state index contributed by atoms with van der Waals surface area (Å²) in [5.74, 6) is 1.19. The number of carbonyl (C=O) groups excluding carboxylic acids is 2. The largest absolute Gasteiger partial charge is 0.497 e.